The zero-order valence-corrected chi connectivity index (χ0v) is 10.7. The average Bonchev–Trinajstić information content (AvgIpc) is 2.80. The number of rotatable bonds is 3. The molecule has 0 bridgehead atoms. The van der Waals surface area contributed by atoms with Crippen molar-refractivity contribution in [1.82, 2.24) is 20.1 Å². The SMILES string of the molecule is Cc1cccc(CCc2nnc3n2CCNC3)c1. The van der Waals surface area contributed by atoms with Crippen LogP contribution in [0.15, 0.2) is 24.3 Å². The summed E-state index contributed by atoms with van der Waals surface area (Å²) in [5, 5.41) is 11.9. The van der Waals surface area contributed by atoms with Gasteiger partial charge in [0, 0.05) is 19.5 Å². The third kappa shape index (κ3) is 2.29. The van der Waals surface area contributed by atoms with Crippen LogP contribution in [0, 0.1) is 6.92 Å². The van der Waals surface area contributed by atoms with Crippen LogP contribution in [0.4, 0.5) is 0 Å². The predicted molar refractivity (Wildman–Crippen MR) is 70.3 cm³/mol. The second kappa shape index (κ2) is 4.90. The third-order valence-electron chi connectivity index (χ3n) is 3.42. The van der Waals surface area contributed by atoms with Gasteiger partial charge in [0.15, 0.2) is 0 Å². The fourth-order valence-electron chi connectivity index (χ4n) is 2.46. The lowest BCUT2D eigenvalue weighted by Crippen LogP contribution is -2.29. The van der Waals surface area contributed by atoms with E-state index >= 15 is 0 Å². The first-order valence-corrected chi connectivity index (χ1v) is 6.50. The fraction of sp³-hybridized carbons (Fsp3) is 0.429. The molecule has 1 aromatic heterocycles. The van der Waals surface area contributed by atoms with Crippen molar-refractivity contribution < 1.29 is 0 Å². The number of fused-ring (bicyclic) bond motifs is 1. The fourth-order valence-corrected chi connectivity index (χ4v) is 2.46. The second-order valence-corrected chi connectivity index (χ2v) is 4.85. The van der Waals surface area contributed by atoms with Gasteiger partial charge in [-0.1, -0.05) is 29.8 Å². The van der Waals surface area contributed by atoms with Crippen molar-refractivity contribution in [3.8, 4) is 0 Å². The van der Waals surface area contributed by atoms with E-state index < -0.39 is 0 Å². The molecule has 0 fully saturated rings. The molecule has 2 aromatic rings. The van der Waals surface area contributed by atoms with Gasteiger partial charge < -0.3 is 9.88 Å². The molecular formula is C14H18N4. The summed E-state index contributed by atoms with van der Waals surface area (Å²) < 4.78 is 2.26. The minimum absolute atomic E-state index is 0.845. The lowest BCUT2D eigenvalue weighted by Gasteiger charge is -2.15. The lowest BCUT2D eigenvalue weighted by atomic mass is 10.1. The number of hydrogen-bond donors (Lipinski definition) is 1. The van der Waals surface area contributed by atoms with E-state index in [1.165, 1.54) is 11.1 Å². The largest absolute Gasteiger partial charge is 0.313 e. The zero-order chi connectivity index (χ0) is 12.4. The molecule has 0 spiro atoms. The zero-order valence-electron chi connectivity index (χ0n) is 10.7. The molecule has 18 heavy (non-hydrogen) atoms. The summed E-state index contributed by atoms with van der Waals surface area (Å²) in [7, 11) is 0. The molecule has 0 radical (unpaired) electrons. The molecule has 94 valence electrons. The van der Waals surface area contributed by atoms with Crippen molar-refractivity contribution in [3.63, 3.8) is 0 Å². The van der Waals surface area contributed by atoms with Crippen LogP contribution in [0.25, 0.3) is 0 Å². The molecule has 0 atom stereocenters. The molecule has 3 rings (SSSR count). The van der Waals surface area contributed by atoms with Gasteiger partial charge in [-0.15, -0.1) is 10.2 Å². The van der Waals surface area contributed by atoms with Crippen LogP contribution >= 0.6 is 0 Å². The van der Waals surface area contributed by atoms with Crippen molar-refractivity contribution in [3.05, 3.63) is 47.0 Å². The number of aromatic nitrogens is 3. The van der Waals surface area contributed by atoms with Crippen molar-refractivity contribution in [2.45, 2.75) is 32.9 Å². The summed E-state index contributed by atoms with van der Waals surface area (Å²) >= 11 is 0. The molecule has 0 saturated heterocycles. The standard InChI is InChI=1S/C14H18N4/c1-11-3-2-4-12(9-11)5-6-13-16-17-14-10-15-7-8-18(13)14/h2-4,9,15H,5-8,10H2,1H3. The molecule has 1 N–H and O–H groups in total. The third-order valence-corrected chi connectivity index (χ3v) is 3.42. The average molecular weight is 242 g/mol. The lowest BCUT2D eigenvalue weighted by molar-refractivity contribution is 0.493. The van der Waals surface area contributed by atoms with Crippen LogP contribution in [0.3, 0.4) is 0 Å². The Bertz CT molecular complexity index is 544. The molecule has 4 nitrogen and oxygen atoms in total. The monoisotopic (exact) mass is 242 g/mol. The molecule has 1 aliphatic rings. The highest BCUT2D eigenvalue weighted by molar-refractivity contribution is 5.22. The Morgan fingerprint density at radius 3 is 3.11 bits per heavy atom. The summed E-state index contributed by atoms with van der Waals surface area (Å²) in [6.07, 6.45) is 2.00. The quantitative estimate of drug-likeness (QED) is 0.886. The number of aryl methyl sites for hydroxylation is 3. The Labute approximate surface area is 107 Å². The summed E-state index contributed by atoms with van der Waals surface area (Å²) in [6, 6.07) is 8.68. The van der Waals surface area contributed by atoms with Crippen LogP contribution in [0.1, 0.15) is 22.8 Å². The highest BCUT2D eigenvalue weighted by atomic mass is 15.3. The van der Waals surface area contributed by atoms with Gasteiger partial charge in [0.25, 0.3) is 0 Å². The summed E-state index contributed by atoms with van der Waals surface area (Å²) in [5.41, 5.74) is 2.70. The topological polar surface area (TPSA) is 42.7 Å². The Balaban J connectivity index is 1.72. The molecule has 0 unspecified atom stereocenters. The van der Waals surface area contributed by atoms with Gasteiger partial charge in [-0.2, -0.15) is 0 Å². The molecule has 0 saturated carbocycles. The predicted octanol–water partition coefficient (Wildman–Crippen LogP) is 1.47. The van der Waals surface area contributed by atoms with Gasteiger partial charge in [0.05, 0.1) is 6.54 Å². The Hall–Kier alpha value is -1.68. The number of nitrogens with zero attached hydrogens (tertiary/aromatic N) is 3. The summed E-state index contributed by atoms with van der Waals surface area (Å²) in [4.78, 5) is 0. The summed E-state index contributed by atoms with van der Waals surface area (Å²) in [6.45, 7) is 4.99. The van der Waals surface area contributed by atoms with E-state index in [1.807, 2.05) is 0 Å². The first-order chi connectivity index (χ1) is 8.83. The first-order valence-electron chi connectivity index (χ1n) is 6.50. The van der Waals surface area contributed by atoms with E-state index in [4.69, 9.17) is 0 Å². The van der Waals surface area contributed by atoms with E-state index in [9.17, 15) is 0 Å². The molecular weight excluding hydrogens is 224 g/mol. The molecule has 0 aliphatic carbocycles. The molecule has 2 heterocycles. The van der Waals surface area contributed by atoms with E-state index in [-0.39, 0.29) is 0 Å². The Morgan fingerprint density at radius 2 is 2.22 bits per heavy atom. The second-order valence-electron chi connectivity index (χ2n) is 4.85. The van der Waals surface area contributed by atoms with E-state index in [0.717, 1.165) is 44.1 Å². The van der Waals surface area contributed by atoms with Crippen molar-refractivity contribution in [1.29, 1.82) is 0 Å². The number of benzene rings is 1. The molecule has 1 aromatic carbocycles. The maximum Gasteiger partial charge on any atom is 0.147 e. The van der Waals surface area contributed by atoms with Crippen LogP contribution in [-0.2, 0) is 25.9 Å². The van der Waals surface area contributed by atoms with Gasteiger partial charge in [-0.05, 0) is 18.9 Å². The highest BCUT2D eigenvalue weighted by Gasteiger charge is 2.14. The summed E-state index contributed by atoms with van der Waals surface area (Å²) in [5.74, 6) is 2.19. The maximum absolute atomic E-state index is 4.31. The first kappa shape index (κ1) is 11.4. The smallest absolute Gasteiger partial charge is 0.147 e. The Kier molecular flexibility index (Phi) is 3.11. The highest BCUT2D eigenvalue weighted by Crippen LogP contribution is 2.11. The van der Waals surface area contributed by atoms with Crippen molar-refractivity contribution in [2.24, 2.45) is 0 Å². The number of nitrogens with one attached hydrogen (secondary N) is 1. The van der Waals surface area contributed by atoms with E-state index in [2.05, 4.69) is 51.3 Å². The van der Waals surface area contributed by atoms with Gasteiger partial charge in [0.1, 0.15) is 11.6 Å². The van der Waals surface area contributed by atoms with Gasteiger partial charge in [-0.3, -0.25) is 0 Å². The van der Waals surface area contributed by atoms with Crippen LogP contribution < -0.4 is 5.32 Å². The molecule has 4 heteroatoms. The number of hydrogen-bond acceptors (Lipinski definition) is 3. The van der Waals surface area contributed by atoms with Crippen molar-refractivity contribution in [2.75, 3.05) is 6.54 Å². The van der Waals surface area contributed by atoms with Gasteiger partial charge in [-0.25, -0.2) is 0 Å². The Morgan fingerprint density at radius 1 is 1.28 bits per heavy atom. The maximum atomic E-state index is 4.31. The minimum atomic E-state index is 0.845. The normalized spacial score (nSPS) is 14.5. The van der Waals surface area contributed by atoms with Crippen LogP contribution in [0.2, 0.25) is 0 Å². The van der Waals surface area contributed by atoms with Gasteiger partial charge >= 0.3 is 0 Å². The van der Waals surface area contributed by atoms with Crippen LogP contribution in [0.5, 0.6) is 0 Å². The molecule has 1 aliphatic heterocycles. The molecule has 0 amide bonds. The van der Waals surface area contributed by atoms with E-state index in [1.54, 1.807) is 0 Å². The van der Waals surface area contributed by atoms with Crippen molar-refractivity contribution >= 4 is 0 Å². The van der Waals surface area contributed by atoms with Crippen LogP contribution in [-0.4, -0.2) is 21.3 Å². The minimum Gasteiger partial charge on any atom is -0.313 e. The van der Waals surface area contributed by atoms with Gasteiger partial charge in [0.2, 0.25) is 0 Å². The van der Waals surface area contributed by atoms with E-state index in [0.29, 0.717) is 0 Å².